The van der Waals surface area contributed by atoms with E-state index >= 15 is 0 Å². The van der Waals surface area contributed by atoms with Crippen LogP contribution < -0.4 is 4.57 Å². The Hall–Kier alpha value is -1.38. The molecule has 1 heterocycles. The minimum absolute atomic E-state index is 0.126. The normalized spacial score (nSPS) is 8.90. The lowest BCUT2D eigenvalue weighted by atomic mass is 10.5. The van der Waals surface area contributed by atoms with Gasteiger partial charge in [0.05, 0.1) is 19.5 Å². The molecule has 1 rings (SSSR count). The van der Waals surface area contributed by atoms with Crippen molar-refractivity contribution in [3.63, 3.8) is 0 Å². The van der Waals surface area contributed by atoms with E-state index in [0.717, 1.165) is 0 Å². The van der Waals surface area contributed by atoms with E-state index in [9.17, 15) is 0 Å². The van der Waals surface area contributed by atoms with Crippen molar-refractivity contribution in [2.24, 2.45) is 0 Å². The zero-order valence-corrected chi connectivity index (χ0v) is 5.74. The minimum Gasteiger partial charge on any atom is -0.432 e. The lowest BCUT2D eigenvalue weighted by Gasteiger charge is -1.93. The number of rotatable bonds is 0. The molecule has 3 nitrogen and oxygen atoms in total. The average Bonchev–Trinajstić information content (AvgIpc) is 2.05. The Morgan fingerprint density at radius 3 is 2.40 bits per heavy atom. The van der Waals surface area contributed by atoms with Crippen LogP contribution in [-0.2, 0) is 4.74 Å². The SMILES string of the molecule is COC(=N)[n+]1ccccc1. The maximum Gasteiger partial charge on any atom is 0.494 e. The van der Waals surface area contributed by atoms with Gasteiger partial charge in [-0.2, -0.15) is 4.57 Å². The van der Waals surface area contributed by atoms with Gasteiger partial charge in [0, 0.05) is 0 Å². The highest BCUT2D eigenvalue weighted by Crippen LogP contribution is 1.76. The summed E-state index contributed by atoms with van der Waals surface area (Å²) in [5, 5.41) is 7.22. The first-order valence-electron chi connectivity index (χ1n) is 2.94. The van der Waals surface area contributed by atoms with Crippen molar-refractivity contribution >= 4 is 6.02 Å². The maximum atomic E-state index is 7.22. The predicted molar refractivity (Wildman–Crippen MR) is 36.8 cm³/mol. The number of hydrogen-bond acceptors (Lipinski definition) is 2. The second kappa shape index (κ2) is 2.96. The average molecular weight is 137 g/mol. The highest BCUT2D eigenvalue weighted by Gasteiger charge is 2.03. The summed E-state index contributed by atoms with van der Waals surface area (Å²) in [6.07, 6.45) is 3.51. The predicted octanol–water partition coefficient (Wildman–Crippen LogP) is 0.403. The van der Waals surface area contributed by atoms with E-state index in [1.165, 1.54) is 7.11 Å². The fraction of sp³-hybridized carbons (Fsp3) is 0.143. The van der Waals surface area contributed by atoms with Crippen LogP contribution in [-0.4, -0.2) is 13.1 Å². The quantitative estimate of drug-likeness (QED) is 0.314. The smallest absolute Gasteiger partial charge is 0.432 e. The first-order valence-corrected chi connectivity index (χ1v) is 2.94. The number of ether oxygens (including phenoxy) is 1. The van der Waals surface area contributed by atoms with Crippen LogP contribution >= 0.6 is 0 Å². The molecule has 0 aliphatic carbocycles. The fourth-order valence-electron chi connectivity index (χ4n) is 0.639. The Morgan fingerprint density at radius 2 is 1.90 bits per heavy atom. The number of nitrogens with zero attached hydrogens (tertiary/aromatic N) is 1. The van der Waals surface area contributed by atoms with Crippen LogP contribution in [0.15, 0.2) is 30.6 Å². The van der Waals surface area contributed by atoms with Crippen LogP contribution in [0.1, 0.15) is 0 Å². The molecule has 3 heteroatoms. The van der Waals surface area contributed by atoms with Gasteiger partial charge in [0.1, 0.15) is 0 Å². The summed E-state index contributed by atoms with van der Waals surface area (Å²) in [4.78, 5) is 0. The monoisotopic (exact) mass is 137 g/mol. The van der Waals surface area contributed by atoms with Gasteiger partial charge < -0.3 is 4.74 Å². The van der Waals surface area contributed by atoms with Crippen LogP contribution in [0.3, 0.4) is 0 Å². The molecule has 0 atom stereocenters. The standard InChI is InChI=1S/C7H9N2O/c1-10-7(8)9-5-3-2-4-6-9/h2-6,8H,1H3/q+1. The van der Waals surface area contributed by atoms with Crippen LogP contribution in [0.25, 0.3) is 0 Å². The summed E-state index contributed by atoms with van der Waals surface area (Å²) in [5.74, 6) is 0. The van der Waals surface area contributed by atoms with E-state index in [4.69, 9.17) is 5.41 Å². The molecule has 1 aromatic heterocycles. The second-order valence-corrected chi connectivity index (χ2v) is 1.79. The third kappa shape index (κ3) is 1.31. The Kier molecular flexibility index (Phi) is 1.99. The van der Waals surface area contributed by atoms with Crippen LogP contribution in [0.4, 0.5) is 0 Å². The molecule has 52 valence electrons. The summed E-state index contributed by atoms with van der Waals surface area (Å²) in [7, 11) is 1.47. The Bertz CT molecular complexity index is 220. The summed E-state index contributed by atoms with van der Waals surface area (Å²) >= 11 is 0. The summed E-state index contributed by atoms with van der Waals surface area (Å²) in [5.41, 5.74) is 0. The van der Waals surface area contributed by atoms with Gasteiger partial charge in [0.2, 0.25) is 0 Å². The molecule has 0 amide bonds. The molecule has 0 bridgehead atoms. The van der Waals surface area contributed by atoms with Crippen molar-refractivity contribution < 1.29 is 9.30 Å². The van der Waals surface area contributed by atoms with E-state index in [1.807, 2.05) is 18.2 Å². The molecule has 0 aliphatic heterocycles. The van der Waals surface area contributed by atoms with Crippen molar-refractivity contribution in [2.45, 2.75) is 0 Å². The summed E-state index contributed by atoms with van der Waals surface area (Å²) < 4.78 is 6.27. The van der Waals surface area contributed by atoms with Crippen LogP contribution in [0, 0.1) is 5.41 Å². The van der Waals surface area contributed by atoms with Gasteiger partial charge in [-0.15, -0.1) is 0 Å². The van der Waals surface area contributed by atoms with E-state index in [1.54, 1.807) is 17.0 Å². The molecule has 1 N–H and O–H groups in total. The van der Waals surface area contributed by atoms with E-state index in [0.29, 0.717) is 0 Å². The highest BCUT2D eigenvalue weighted by atomic mass is 16.5. The first-order chi connectivity index (χ1) is 4.84. The highest BCUT2D eigenvalue weighted by molar-refractivity contribution is 5.59. The Labute approximate surface area is 59.4 Å². The molecule has 0 radical (unpaired) electrons. The number of nitrogens with one attached hydrogen (secondary N) is 1. The molecule has 0 fully saturated rings. The van der Waals surface area contributed by atoms with E-state index in [-0.39, 0.29) is 6.02 Å². The number of methoxy groups -OCH3 is 1. The molecular weight excluding hydrogens is 128 g/mol. The summed E-state index contributed by atoms with van der Waals surface area (Å²) in [6.45, 7) is 0. The van der Waals surface area contributed by atoms with Crippen molar-refractivity contribution in [2.75, 3.05) is 7.11 Å². The lowest BCUT2D eigenvalue weighted by molar-refractivity contribution is -0.572. The van der Waals surface area contributed by atoms with E-state index < -0.39 is 0 Å². The summed E-state index contributed by atoms with van der Waals surface area (Å²) in [6, 6.07) is 5.70. The Balaban J connectivity index is 2.85. The molecule has 0 aliphatic rings. The zero-order chi connectivity index (χ0) is 7.40. The van der Waals surface area contributed by atoms with Crippen LogP contribution in [0.2, 0.25) is 0 Å². The lowest BCUT2D eigenvalue weighted by Crippen LogP contribution is -2.42. The molecular formula is C7H9N2O+. The molecule has 0 saturated carbocycles. The van der Waals surface area contributed by atoms with Gasteiger partial charge >= 0.3 is 6.02 Å². The minimum atomic E-state index is 0.126. The van der Waals surface area contributed by atoms with Gasteiger partial charge in [-0.3, -0.25) is 0 Å². The zero-order valence-electron chi connectivity index (χ0n) is 5.74. The molecule has 0 aromatic carbocycles. The topological polar surface area (TPSA) is 37.0 Å². The maximum absolute atomic E-state index is 7.22. The van der Waals surface area contributed by atoms with Crippen molar-refractivity contribution in [3.05, 3.63) is 30.6 Å². The van der Waals surface area contributed by atoms with E-state index in [2.05, 4.69) is 4.74 Å². The molecule has 0 spiro atoms. The molecule has 10 heavy (non-hydrogen) atoms. The van der Waals surface area contributed by atoms with Crippen molar-refractivity contribution in [1.82, 2.24) is 0 Å². The Morgan fingerprint density at radius 1 is 1.30 bits per heavy atom. The third-order valence-electron chi connectivity index (χ3n) is 1.14. The third-order valence-corrected chi connectivity index (χ3v) is 1.14. The van der Waals surface area contributed by atoms with Gasteiger partial charge in [-0.25, -0.2) is 0 Å². The molecule has 1 aromatic rings. The van der Waals surface area contributed by atoms with Gasteiger partial charge in [-0.05, 0) is 12.1 Å². The van der Waals surface area contributed by atoms with Gasteiger partial charge in [0.15, 0.2) is 0 Å². The largest absolute Gasteiger partial charge is 0.494 e. The number of pyridine rings is 1. The van der Waals surface area contributed by atoms with Gasteiger partial charge in [0.25, 0.3) is 0 Å². The van der Waals surface area contributed by atoms with Crippen molar-refractivity contribution in [1.29, 1.82) is 5.41 Å². The van der Waals surface area contributed by atoms with Crippen LogP contribution in [0.5, 0.6) is 0 Å². The van der Waals surface area contributed by atoms with Gasteiger partial charge in [-0.1, -0.05) is 11.5 Å². The molecule has 0 saturated heterocycles. The second-order valence-electron chi connectivity index (χ2n) is 1.79. The molecule has 0 unspecified atom stereocenters. The number of aromatic nitrogens is 1. The first kappa shape index (κ1) is 6.74. The number of hydrogen-bond donors (Lipinski definition) is 1. The fourth-order valence-corrected chi connectivity index (χ4v) is 0.639. The van der Waals surface area contributed by atoms with Crippen molar-refractivity contribution in [3.8, 4) is 0 Å².